The molecule has 120 valence electrons. The second kappa shape index (κ2) is 6.60. The van der Waals surface area contributed by atoms with Crippen LogP contribution in [-0.2, 0) is 6.54 Å². The van der Waals surface area contributed by atoms with Gasteiger partial charge in [0.2, 0.25) is 6.79 Å². The second-order valence-electron chi connectivity index (χ2n) is 5.28. The zero-order valence-electron chi connectivity index (χ0n) is 13.2. The Balaban J connectivity index is 1.64. The zero-order chi connectivity index (χ0) is 16.2. The molecule has 0 saturated heterocycles. The van der Waals surface area contributed by atoms with Crippen molar-refractivity contribution in [3.05, 3.63) is 53.1 Å². The van der Waals surface area contributed by atoms with E-state index in [0.717, 1.165) is 16.9 Å². The molecule has 5 heteroatoms. The van der Waals surface area contributed by atoms with Crippen LogP contribution in [0.2, 0.25) is 0 Å². The van der Waals surface area contributed by atoms with Crippen molar-refractivity contribution in [2.24, 2.45) is 0 Å². The van der Waals surface area contributed by atoms with Crippen LogP contribution in [-0.4, -0.2) is 19.3 Å². The van der Waals surface area contributed by atoms with Gasteiger partial charge in [0.15, 0.2) is 11.5 Å². The molecule has 23 heavy (non-hydrogen) atoms. The van der Waals surface area contributed by atoms with Crippen molar-refractivity contribution in [3.8, 4) is 17.2 Å². The normalized spacial score (nSPS) is 12.1. The minimum Gasteiger partial charge on any atom is -0.494 e. The van der Waals surface area contributed by atoms with Crippen molar-refractivity contribution in [3.63, 3.8) is 0 Å². The summed E-state index contributed by atoms with van der Waals surface area (Å²) < 4.78 is 16.0. The lowest BCUT2D eigenvalue weighted by Crippen LogP contribution is -2.22. The van der Waals surface area contributed by atoms with Crippen molar-refractivity contribution in [1.82, 2.24) is 5.32 Å². The first-order valence-corrected chi connectivity index (χ1v) is 7.57. The summed E-state index contributed by atoms with van der Waals surface area (Å²) in [4.78, 5) is 12.2. The average Bonchev–Trinajstić information content (AvgIpc) is 3.02. The van der Waals surface area contributed by atoms with Gasteiger partial charge in [-0.05, 0) is 49.2 Å². The van der Waals surface area contributed by atoms with Gasteiger partial charge in [0, 0.05) is 12.1 Å². The van der Waals surface area contributed by atoms with E-state index in [-0.39, 0.29) is 12.7 Å². The molecule has 1 amide bonds. The van der Waals surface area contributed by atoms with E-state index in [1.807, 2.05) is 32.0 Å². The Morgan fingerprint density at radius 3 is 2.78 bits per heavy atom. The van der Waals surface area contributed by atoms with E-state index < -0.39 is 0 Å². The molecule has 0 saturated carbocycles. The monoisotopic (exact) mass is 313 g/mol. The van der Waals surface area contributed by atoms with Gasteiger partial charge >= 0.3 is 0 Å². The fourth-order valence-electron chi connectivity index (χ4n) is 2.46. The van der Waals surface area contributed by atoms with E-state index >= 15 is 0 Å². The van der Waals surface area contributed by atoms with Crippen LogP contribution in [0.3, 0.4) is 0 Å². The highest BCUT2D eigenvalue weighted by Crippen LogP contribution is 2.32. The number of ether oxygens (including phenoxy) is 3. The van der Waals surface area contributed by atoms with Crippen molar-refractivity contribution >= 4 is 5.91 Å². The lowest BCUT2D eigenvalue weighted by molar-refractivity contribution is 0.0950. The Morgan fingerprint density at radius 2 is 2.00 bits per heavy atom. The second-order valence-corrected chi connectivity index (χ2v) is 5.28. The predicted molar refractivity (Wildman–Crippen MR) is 86.1 cm³/mol. The van der Waals surface area contributed by atoms with Crippen LogP contribution in [0.5, 0.6) is 17.2 Å². The highest BCUT2D eigenvalue weighted by molar-refractivity contribution is 5.94. The van der Waals surface area contributed by atoms with Gasteiger partial charge in [-0.1, -0.05) is 12.1 Å². The van der Waals surface area contributed by atoms with Crippen molar-refractivity contribution < 1.29 is 19.0 Å². The maximum absolute atomic E-state index is 12.2. The summed E-state index contributed by atoms with van der Waals surface area (Å²) >= 11 is 0. The first kappa shape index (κ1) is 15.2. The van der Waals surface area contributed by atoms with Crippen LogP contribution >= 0.6 is 0 Å². The van der Waals surface area contributed by atoms with Crippen LogP contribution in [0.25, 0.3) is 0 Å². The molecule has 2 aromatic rings. The van der Waals surface area contributed by atoms with E-state index in [1.165, 1.54) is 0 Å². The molecule has 0 unspecified atom stereocenters. The lowest BCUT2D eigenvalue weighted by atomic mass is 10.1. The minimum atomic E-state index is -0.144. The number of hydrogen-bond acceptors (Lipinski definition) is 4. The number of nitrogens with one attached hydrogen (secondary N) is 1. The molecular formula is C18H19NO4. The van der Waals surface area contributed by atoms with Gasteiger partial charge in [0.05, 0.1) is 6.61 Å². The third-order valence-corrected chi connectivity index (χ3v) is 3.63. The van der Waals surface area contributed by atoms with Crippen LogP contribution < -0.4 is 19.5 Å². The molecule has 1 aliphatic rings. The first-order chi connectivity index (χ1) is 11.2. The fourth-order valence-corrected chi connectivity index (χ4v) is 2.46. The topological polar surface area (TPSA) is 56.8 Å². The van der Waals surface area contributed by atoms with Crippen LogP contribution in [0.1, 0.15) is 28.4 Å². The van der Waals surface area contributed by atoms with Crippen molar-refractivity contribution in [1.29, 1.82) is 0 Å². The number of carbonyl (C=O) groups is 1. The van der Waals surface area contributed by atoms with E-state index in [2.05, 4.69) is 5.32 Å². The fraction of sp³-hybridized carbons (Fsp3) is 0.278. The maximum Gasteiger partial charge on any atom is 0.251 e. The van der Waals surface area contributed by atoms with E-state index in [0.29, 0.717) is 30.2 Å². The number of fused-ring (bicyclic) bond motifs is 1. The molecule has 0 aromatic heterocycles. The minimum absolute atomic E-state index is 0.144. The Hall–Kier alpha value is -2.69. The number of amides is 1. The summed E-state index contributed by atoms with van der Waals surface area (Å²) in [6, 6.07) is 11.1. The zero-order valence-corrected chi connectivity index (χ0v) is 13.2. The highest BCUT2D eigenvalue weighted by atomic mass is 16.7. The van der Waals surface area contributed by atoms with Gasteiger partial charge in [-0.2, -0.15) is 0 Å². The van der Waals surface area contributed by atoms with Gasteiger partial charge in [-0.3, -0.25) is 4.79 Å². The van der Waals surface area contributed by atoms with Crippen molar-refractivity contribution in [2.45, 2.75) is 20.4 Å². The molecule has 0 atom stereocenters. The molecule has 1 N–H and O–H groups in total. The Kier molecular flexibility index (Phi) is 4.37. The smallest absolute Gasteiger partial charge is 0.251 e. The summed E-state index contributed by atoms with van der Waals surface area (Å²) in [5, 5.41) is 2.91. The van der Waals surface area contributed by atoms with Gasteiger partial charge in [-0.25, -0.2) is 0 Å². The molecule has 2 aromatic carbocycles. The number of carbonyl (C=O) groups excluding carboxylic acids is 1. The summed E-state index contributed by atoms with van der Waals surface area (Å²) in [7, 11) is 0. The number of rotatable bonds is 5. The quantitative estimate of drug-likeness (QED) is 0.922. The van der Waals surface area contributed by atoms with E-state index in [1.54, 1.807) is 18.2 Å². The number of hydrogen-bond donors (Lipinski definition) is 1. The molecule has 0 spiro atoms. The highest BCUT2D eigenvalue weighted by Gasteiger charge is 2.16. The van der Waals surface area contributed by atoms with E-state index in [4.69, 9.17) is 14.2 Å². The third-order valence-electron chi connectivity index (χ3n) is 3.63. The molecule has 0 radical (unpaired) electrons. The number of aryl methyl sites for hydroxylation is 1. The SMILES string of the molecule is CCOc1ccc(CNC(=O)c2ccc3c(c2)OCO3)cc1C. The molecule has 0 fully saturated rings. The van der Waals surface area contributed by atoms with Gasteiger partial charge in [0.25, 0.3) is 5.91 Å². The van der Waals surface area contributed by atoms with Crippen LogP contribution in [0, 0.1) is 6.92 Å². The summed E-state index contributed by atoms with van der Waals surface area (Å²) in [6.45, 7) is 5.25. The van der Waals surface area contributed by atoms with Crippen LogP contribution in [0.4, 0.5) is 0 Å². The number of benzene rings is 2. The van der Waals surface area contributed by atoms with E-state index in [9.17, 15) is 4.79 Å². The Labute approximate surface area is 135 Å². The molecular weight excluding hydrogens is 294 g/mol. The maximum atomic E-state index is 12.2. The standard InChI is InChI=1S/C18H19NO4/c1-3-21-15-6-4-13(8-12(15)2)10-19-18(20)14-5-7-16-17(9-14)23-11-22-16/h4-9H,3,10-11H2,1-2H3,(H,19,20). The van der Waals surface area contributed by atoms with Gasteiger partial charge < -0.3 is 19.5 Å². The Bertz CT molecular complexity index is 727. The van der Waals surface area contributed by atoms with Crippen LogP contribution in [0.15, 0.2) is 36.4 Å². The molecule has 1 aliphatic heterocycles. The lowest BCUT2D eigenvalue weighted by Gasteiger charge is -2.10. The third kappa shape index (κ3) is 3.39. The first-order valence-electron chi connectivity index (χ1n) is 7.57. The Morgan fingerprint density at radius 1 is 1.17 bits per heavy atom. The molecule has 3 rings (SSSR count). The summed E-state index contributed by atoms with van der Waals surface area (Å²) in [6.07, 6.45) is 0. The molecule has 0 aliphatic carbocycles. The molecule has 0 bridgehead atoms. The van der Waals surface area contributed by atoms with Gasteiger partial charge in [0.1, 0.15) is 5.75 Å². The molecule has 1 heterocycles. The summed E-state index contributed by atoms with van der Waals surface area (Å²) in [5.41, 5.74) is 2.64. The summed E-state index contributed by atoms with van der Waals surface area (Å²) in [5.74, 6) is 2.01. The largest absolute Gasteiger partial charge is 0.494 e. The molecule has 5 nitrogen and oxygen atoms in total. The average molecular weight is 313 g/mol. The van der Waals surface area contributed by atoms with Gasteiger partial charge in [-0.15, -0.1) is 0 Å². The van der Waals surface area contributed by atoms with Crippen molar-refractivity contribution in [2.75, 3.05) is 13.4 Å². The predicted octanol–water partition coefficient (Wildman–Crippen LogP) is 3.05.